The fraction of sp³-hybridized carbons (Fsp3) is 0.400. The van der Waals surface area contributed by atoms with Crippen molar-refractivity contribution in [2.24, 2.45) is 5.16 Å². The van der Waals surface area contributed by atoms with Gasteiger partial charge in [0.2, 0.25) is 6.10 Å². The lowest BCUT2D eigenvalue weighted by molar-refractivity contribution is -0.141. The van der Waals surface area contributed by atoms with Crippen molar-refractivity contribution in [3.63, 3.8) is 0 Å². The van der Waals surface area contributed by atoms with Crippen LogP contribution >= 0.6 is 0 Å². The standard InChI is InChI=1S/C20H24N6O2/c1-25(13-19-22-9-7-18(21)23-19)15-8-10-26(12-15)20(27)17-11-16(24-28-17)14-5-3-2-4-6-14/h2-7,9,15,17H,8,10-13H2,1H3,(H2,21,22,23)/t15-,17+/m0/s1. The molecule has 8 heteroatoms. The largest absolute Gasteiger partial charge is 0.384 e. The highest BCUT2D eigenvalue weighted by molar-refractivity contribution is 6.04. The number of hydrogen-bond acceptors (Lipinski definition) is 7. The molecule has 1 fully saturated rings. The monoisotopic (exact) mass is 380 g/mol. The lowest BCUT2D eigenvalue weighted by Crippen LogP contribution is -2.40. The molecule has 0 saturated carbocycles. The number of oxime groups is 1. The van der Waals surface area contributed by atoms with Crippen molar-refractivity contribution in [2.45, 2.75) is 31.5 Å². The summed E-state index contributed by atoms with van der Waals surface area (Å²) < 4.78 is 0. The first-order chi connectivity index (χ1) is 13.6. The number of likely N-dealkylation sites (tertiary alicyclic amines) is 1. The Bertz CT molecular complexity index is 872. The van der Waals surface area contributed by atoms with Crippen LogP contribution in [0, 0.1) is 0 Å². The van der Waals surface area contributed by atoms with Gasteiger partial charge in [-0.2, -0.15) is 0 Å². The van der Waals surface area contributed by atoms with E-state index in [0.717, 1.165) is 17.7 Å². The van der Waals surface area contributed by atoms with E-state index in [-0.39, 0.29) is 11.9 Å². The number of anilines is 1. The summed E-state index contributed by atoms with van der Waals surface area (Å²) in [5, 5.41) is 4.13. The van der Waals surface area contributed by atoms with E-state index in [1.54, 1.807) is 12.3 Å². The van der Waals surface area contributed by atoms with Gasteiger partial charge in [-0.3, -0.25) is 9.69 Å². The molecule has 3 heterocycles. The quantitative estimate of drug-likeness (QED) is 0.839. The van der Waals surface area contributed by atoms with E-state index in [1.807, 2.05) is 42.3 Å². The van der Waals surface area contributed by atoms with E-state index >= 15 is 0 Å². The molecule has 4 rings (SSSR count). The van der Waals surface area contributed by atoms with E-state index in [1.165, 1.54) is 0 Å². The van der Waals surface area contributed by atoms with Gasteiger partial charge in [0.1, 0.15) is 11.6 Å². The highest BCUT2D eigenvalue weighted by Crippen LogP contribution is 2.22. The van der Waals surface area contributed by atoms with Gasteiger partial charge >= 0.3 is 0 Å². The maximum Gasteiger partial charge on any atom is 0.266 e. The topological polar surface area (TPSA) is 96.9 Å². The highest BCUT2D eigenvalue weighted by Gasteiger charge is 2.36. The first kappa shape index (κ1) is 18.4. The van der Waals surface area contributed by atoms with Gasteiger partial charge in [-0.15, -0.1) is 0 Å². The number of rotatable bonds is 5. The van der Waals surface area contributed by atoms with Gasteiger partial charge in [0.05, 0.1) is 12.3 Å². The summed E-state index contributed by atoms with van der Waals surface area (Å²) in [6, 6.07) is 11.8. The summed E-state index contributed by atoms with van der Waals surface area (Å²) in [7, 11) is 2.02. The summed E-state index contributed by atoms with van der Waals surface area (Å²) in [5.41, 5.74) is 7.55. The summed E-state index contributed by atoms with van der Waals surface area (Å²) in [6.45, 7) is 1.98. The number of amides is 1. The minimum absolute atomic E-state index is 0.00536. The molecule has 2 aromatic rings. The predicted molar refractivity (Wildman–Crippen MR) is 105 cm³/mol. The summed E-state index contributed by atoms with van der Waals surface area (Å²) in [4.78, 5) is 30.9. The molecule has 2 N–H and O–H groups in total. The summed E-state index contributed by atoms with van der Waals surface area (Å²) in [5.74, 6) is 1.16. The number of likely N-dealkylation sites (N-methyl/N-ethyl adjacent to an activating group) is 1. The van der Waals surface area contributed by atoms with Crippen molar-refractivity contribution in [2.75, 3.05) is 25.9 Å². The van der Waals surface area contributed by atoms with Gasteiger partial charge in [0.15, 0.2) is 0 Å². The molecule has 28 heavy (non-hydrogen) atoms. The Labute approximate surface area is 164 Å². The molecule has 0 aliphatic carbocycles. The zero-order chi connectivity index (χ0) is 19.5. The van der Waals surface area contributed by atoms with Crippen molar-refractivity contribution in [3.8, 4) is 0 Å². The second kappa shape index (κ2) is 7.93. The molecule has 0 spiro atoms. The molecule has 0 radical (unpaired) electrons. The third-order valence-electron chi connectivity index (χ3n) is 5.27. The number of carbonyl (C=O) groups is 1. The van der Waals surface area contributed by atoms with Crippen molar-refractivity contribution < 1.29 is 9.63 Å². The average Bonchev–Trinajstić information content (AvgIpc) is 3.38. The first-order valence-corrected chi connectivity index (χ1v) is 9.44. The van der Waals surface area contributed by atoms with Gasteiger partial charge in [-0.1, -0.05) is 35.5 Å². The van der Waals surface area contributed by atoms with Crippen LogP contribution in [-0.2, 0) is 16.2 Å². The van der Waals surface area contributed by atoms with E-state index in [0.29, 0.717) is 37.7 Å². The van der Waals surface area contributed by atoms with E-state index in [2.05, 4.69) is 20.0 Å². The maximum atomic E-state index is 12.9. The zero-order valence-electron chi connectivity index (χ0n) is 15.9. The number of nitrogens with two attached hydrogens (primary N) is 1. The molecule has 2 aliphatic heterocycles. The SMILES string of the molecule is CN(Cc1nccc(N)n1)[C@H]1CCN(C(=O)[C@H]2CC(c3ccccc3)=NO2)C1. The number of nitrogen functional groups attached to an aromatic ring is 1. The number of hydrogen-bond donors (Lipinski definition) is 1. The lowest BCUT2D eigenvalue weighted by Gasteiger charge is -2.24. The predicted octanol–water partition coefficient (Wildman–Crippen LogP) is 1.28. The van der Waals surface area contributed by atoms with Gasteiger partial charge in [0, 0.05) is 31.7 Å². The number of aromatic nitrogens is 2. The molecule has 1 amide bonds. The van der Waals surface area contributed by atoms with E-state index < -0.39 is 6.10 Å². The van der Waals surface area contributed by atoms with Crippen LogP contribution in [0.5, 0.6) is 0 Å². The van der Waals surface area contributed by atoms with Crippen LogP contribution < -0.4 is 5.73 Å². The van der Waals surface area contributed by atoms with Crippen molar-refractivity contribution in [1.82, 2.24) is 19.8 Å². The fourth-order valence-corrected chi connectivity index (χ4v) is 3.66. The van der Waals surface area contributed by atoms with Crippen LogP contribution in [0.3, 0.4) is 0 Å². The normalized spacial score (nSPS) is 21.6. The molecule has 1 aromatic heterocycles. The molecule has 0 unspecified atom stereocenters. The first-order valence-electron chi connectivity index (χ1n) is 9.44. The second-order valence-corrected chi connectivity index (χ2v) is 7.24. The smallest absolute Gasteiger partial charge is 0.266 e. The van der Waals surface area contributed by atoms with Crippen molar-refractivity contribution in [3.05, 3.63) is 54.0 Å². The molecule has 1 aromatic carbocycles. The molecule has 146 valence electrons. The number of nitrogens with zero attached hydrogens (tertiary/aromatic N) is 5. The van der Waals surface area contributed by atoms with Gasteiger partial charge in [-0.05, 0) is 25.1 Å². The van der Waals surface area contributed by atoms with Gasteiger partial charge in [0.25, 0.3) is 5.91 Å². The van der Waals surface area contributed by atoms with Crippen molar-refractivity contribution in [1.29, 1.82) is 0 Å². The Morgan fingerprint density at radius 2 is 2.14 bits per heavy atom. The van der Waals surface area contributed by atoms with Crippen molar-refractivity contribution >= 4 is 17.4 Å². The Morgan fingerprint density at radius 3 is 2.93 bits per heavy atom. The van der Waals surface area contributed by atoms with E-state index in [4.69, 9.17) is 10.6 Å². The Balaban J connectivity index is 1.31. The van der Waals surface area contributed by atoms with Gasteiger partial charge < -0.3 is 15.5 Å². The average molecular weight is 380 g/mol. The van der Waals surface area contributed by atoms with E-state index in [9.17, 15) is 4.79 Å². The van der Waals surface area contributed by atoms with Crippen LogP contribution in [-0.4, -0.2) is 63.7 Å². The number of benzene rings is 1. The third-order valence-corrected chi connectivity index (χ3v) is 5.27. The Kier molecular flexibility index (Phi) is 5.21. The molecule has 2 atom stereocenters. The zero-order valence-corrected chi connectivity index (χ0v) is 15.9. The molecule has 0 bridgehead atoms. The fourth-order valence-electron chi connectivity index (χ4n) is 3.66. The third kappa shape index (κ3) is 3.96. The summed E-state index contributed by atoms with van der Waals surface area (Å²) in [6.07, 6.45) is 2.55. The van der Waals surface area contributed by atoms with Crippen LogP contribution in [0.2, 0.25) is 0 Å². The van der Waals surface area contributed by atoms with Crippen LogP contribution in [0.4, 0.5) is 5.82 Å². The maximum absolute atomic E-state index is 12.9. The Hall–Kier alpha value is -3.00. The molecular formula is C20H24N6O2. The molecular weight excluding hydrogens is 356 g/mol. The Morgan fingerprint density at radius 1 is 1.32 bits per heavy atom. The minimum Gasteiger partial charge on any atom is -0.384 e. The van der Waals surface area contributed by atoms with Gasteiger partial charge in [-0.25, -0.2) is 9.97 Å². The summed E-state index contributed by atoms with van der Waals surface area (Å²) >= 11 is 0. The van der Waals surface area contributed by atoms with Crippen LogP contribution in [0.25, 0.3) is 0 Å². The number of carbonyl (C=O) groups excluding carboxylic acids is 1. The molecule has 8 nitrogen and oxygen atoms in total. The van der Waals surface area contributed by atoms with Crippen LogP contribution in [0.15, 0.2) is 47.8 Å². The molecule has 1 saturated heterocycles. The molecule has 2 aliphatic rings. The lowest BCUT2D eigenvalue weighted by atomic mass is 10.0. The highest BCUT2D eigenvalue weighted by atomic mass is 16.6. The second-order valence-electron chi connectivity index (χ2n) is 7.24. The van der Waals surface area contributed by atoms with Crippen LogP contribution in [0.1, 0.15) is 24.2 Å². The minimum atomic E-state index is -0.531.